The Bertz CT molecular complexity index is 509. The predicted molar refractivity (Wildman–Crippen MR) is 61.4 cm³/mol. The highest BCUT2D eigenvalue weighted by atomic mass is 35.5. The van der Waals surface area contributed by atoms with Gasteiger partial charge in [0.15, 0.2) is 0 Å². The molecular formula is C13H9ClF2. The Hall–Kier alpha value is -1.41. The molecule has 82 valence electrons. The monoisotopic (exact) mass is 238 g/mol. The van der Waals surface area contributed by atoms with Crippen LogP contribution in [-0.2, 0) is 5.88 Å². The van der Waals surface area contributed by atoms with Gasteiger partial charge in [-0.15, -0.1) is 11.6 Å². The molecule has 0 heterocycles. The van der Waals surface area contributed by atoms with Gasteiger partial charge in [-0.3, -0.25) is 0 Å². The average Bonchev–Trinajstić information content (AvgIpc) is 2.29. The van der Waals surface area contributed by atoms with Crippen LogP contribution in [0.4, 0.5) is 8.78 Å². The van der Waals surface area contributed by atoms with Crippen LogP contribution in [0.15, 0.2) is 42.5 Å². The van der Waals surface area contributed by atoms with Crippen molar-refractivity contribution < 1.29 is 8.78 Å². The molecule has 3 heteroatoms. The lowest BCUT2D eigenvalue weighted by molar-refractivity contribution is 0.617. The van der Waals surface area contributed by atoms with Gasteiger partial charge in [-0.1, -0.05) is 24.3 Å². The van der Waals surface area contributed by atoms with Gasteiger partial charge in [0.1, 0.15) is 11.6 Å². The Labute approximate surface area is 97.5 Å². The van der Waals surface area contributed by atoms with Crippen LogP contribution in [-0.4, -0.2) is 0 Å². The Morgan fingerprint density at radius 2 is 1.69 bits per heavy atom. The standard InChI is InChI=1S/C13H9ClF2/c14-8-11-5-4-10(7-13(11)16)9-2-1-3-12(15)6-9/h1-7H,8H2. The van der Waals surface area contributed by atoms with Crippen molar-refractivity contribution in [1.82, 2.24) is 0 Å². The first-order valence-corrected chi connectivity index (χ1v) is 5.34. The highest BCUT2D eigenvalue weighted by Crippen LogP contribution is 2.23. The van der Waals surface area contributed by atoms with Gasteiger partial charge >= 0.3 is 0 Å². The fraction of sp³-hybridized carbons (Fsp3) is 0.0769. The van der Waals surface area contributed by atoms with Crippen molar-refractivity contribution in [3.63, 3.8) is 0 Å². The molecule has 0 atom stereocenters. The Balaban J connectivity index is 2.45. The normalized spacial score (nSPS) is 10.4. The largest absolute Gasteiger partial charge is 0.207 e. The molecule has 0 amide bonds. The first-order chi connectivity index (χ1) is 7.70. The van der Waals surface area contributed by atoms with Crippen LogP contribution in [0.1, 0.15) is 5.56 Å². The molecule has 0 aliphatic heterocycles. The minimum absolute atomic E-state index is 0.134. The van der Waals surface area contributed by atoms with E-state index < -0.39 is 0 Å². The molecule has 0 aromatic heterocycles. The van der Waals surface area contributed by atoms with Gasteiger partial charge < -0.3 is 0 Å². The Kier molecular flexibility index (Phi) is 3.20. The van der Waals surface area contributed by atoms with Crippen molar-refractivity contribution >= 4 is 11.6 Å². The molecule has 0 unspecified atom stereocenters. The smallest absolute Gasteiger partial charge is 0.128 e. The zero-order valence-corrected chi connectivity index (χ0v) is 9.14. The van der Waals surface area contributed by atoms with Crippen LogP contribution >= 0.6 is 11.6 Å². The van der Waals surface area contributed by atoms with Crippen LogP contribution in [0.25, 0.3) is 11.1 Å². The van der Waals surface area contributed by atoms with E-state index in [0.717, 1.165) is 0 Å². The lowest BCUT2D eigenvalue weighted by Gasteiger charge is -2.04. The van der Waals surface area contributed by atoms with Gasteiger partial charge in [0.25, 0.3) is 0 Å². The summed E-state index contributed by atoms with van der Waals surface area (Å²) >= 11 is 5.56. The zero-order valence-electron chi connectivity index (χ0n) is 8.38. The fourth-order valence-electron chi connectivity index (χ4n) is 1.50. The summed E-state index contributed by atoms with van der Waals surface area (Å²) in [7, 11) is 0. The van der Waals surface area contributed by atoms with E-state index in [2.05, 4.69) is 0 Å². The quantitative estimate of drug-likeness (QED) is 0.682. The van der Waals surface area contributed by atoms with Crippen LogP contribution in [0.3, 0.4) is 0 Å². The molecule has 0 saturated carbocycles. The number of halogens is 3. The highest BCUT2D eigenvalue weighted by molar-refractivity contribution is 6.17. The van der Waals surface area contributed by atoms with E-state index >= 15 is 0 Å². The topological polar surface area (TPSA) is 0 Å². The van der Waals surface area contributed by atoms with Gasteiger partial charge in [-0.05, 0) is 29.3 Å². The van der Waals surface area contributed by atoms with Crippen LogP contribution in [0, 0.1) is 11.6 Å². The van der Waals surface area contributed by atoms with E-state index in [9.17, 15) is 8.78 Å². The second kappa shape index (κ2) is 4.62. The molecule has 0 aliphatic rings. The summed E-state index contributed by atoms with van der Waals surface area (Å²) in [5.74, 6) is -0.564. The molecule has 16 heavy (non-hydrogen) atoms. The number of rotatable bonds is 2. The van der Waals surface area contributed by atoms with Gasteiger partial charge in [-0.25, -0.2) is 8.78 Å². The van der Waals surface area contributed by atoms with Gasteiger partial charge in [-0.2, -0.15) is 0 Å². The van der Waals surface area contributed by atoms with E-state index in [1.54, 1.807) is 24.3 Å². The molecule has 0 bridgehead atoms. The first-order valence-electron chi connectivity index (χ1n) is 4.81. The summed E-state index contributed by atoms with van der Waals surface area (Å²) < 4.78 is 26.4. The maximum atomic E-state index is 13.5. The molecule has 0 aliphatic carbocycles. The second-order valence-corrected chi connectivity index (χ2v) is 3.72. The summed E-state index contributed by atoms with van der Waals surface area (Å²) in [6.45, 7) is 0. The van der Waals surface area contributed by atoms with Crippen molar-refractivity contribution in [3.8, 4) is 11.1 Å². The van der Waals surface area contributed by atoms with Crippen LogP contribution in [0.2, 0.25) is 0 Å². The first kappa shape index (κ1) is 11.1. The van der Waals surface area contributed by atoms with Crippen LogP contribution in [0.5, 0.6) is 0 Å². The molecule has 0 nitrogen and oxygen atoms in total. The van der Waals surface area contributed by atoms with Crippen molar-refractivity contribution in [2.45, 2.75) is 5.88 Å². The average molecular weight is 239 g/mol. The molecule has 2 aromatic carbocycles. The SMILES string of the molecule is Fc1cccc(-c2ccc(CCl)c(F)c2)c1. The fourth-order valence-corrected chi connectivity index (χ4v) is 1.72. The van der Waals surface area contributed by atoms with E-state index in [-0.39, 0.29) is 17.5 Å². The third-order valence-electron chi connectivity index (χ3n) is 2.35. The number of hydrogen-bond acceptors (Lipinski definition) is 0. The van der Waals surface area contributed by atoms with Crippen molar-refractivity contribution in [3.05, 3.63) is 59.7 Å². The van der Waals surface area contributed by atoms with E-state index in [1.165, 1.54) is 18.2 Å². The molecule has 0 N–H and O–H groups in total. The Morgan fingerprint density at radius 1 is 0.938 bits per heavy atom. The third-order valence-corrected chi connectivity index (χ3v) is 2.64. The number of hydrogen-bond donors (Lipinski definition) is 0. The van der Waals surface area contributed by atoms with Crippen molar-refractivity contribution in [1.29, 1.82) is 0 Å². The molecular weight excluding hydrogens is 230 g/mol. The number of benzene rings is 2. The maximum Gasteiger partial charge on any atom is 0.128 e. The van der Waals surface area contributed by atoms with E-state index in [4.69, 9.17) is 11.6 Å². The van der Waals surface area contributed by atoms with Gasteiger partial charge in [0.2, 0.25) is 0 Å². The summed E-state index contributed by atoms with van der Waals surface area (Å²) in [5.41, 5.74) is 1.74. The maximum absolute atomic E-state index is 13.5. The van der Waals surface area contributed by atoms with E-state index in [1.807, 2.05) is 0 Å². The minimum Gasteiger partial charge on any atom is -0.207 e. The predicted octanol–water partition coefficient (Wildman–Crippen LogP) is 4.37. The number of alkyl halides is 1. The summed E-state index contributed by atoms with van der Waals surface area (Å²) in [6.07, 6.45) is 0. The summed E-state index contributed by atoms with van der Waals surface area (Å²) in [6, 6.07) is 10.8. The van der Waals surface area contributed by atoms with Crippen molar-refractivity contribution in [2.75, 3.05) is 0 Å². The molecule has 0 fully saturated rings. The molecule has 2 rings (SSSR count). The summed E-state index contributed by atoms with van der Waals surface area (Å²) in [5, 5.41) is 0. The molecule has 0 spiro atoms. The highest BCUT2D eigenvalue weighted by Gasteiger charge is 2.04. The minimum atomic E-state index is -0.364. The van der Waals surface area contributed by atoms with Gasteiger partial charge in [0.05, 0.1) is 5.88 Å². The molecule has 0 radical (unpaired) electrons. The third kappa shape index (κ3) is 2.22. The van der Waals surface area contributed by atoms with E-state index in [0.29, 0.717) is 16.7 Å². The molecule has 2 aromatic rings. The van der Waals surface area contributed by atoms with Crippen molar-refractivity contribution in [2.24, 2.45) is 0 Å². The Morgan fingerprint density at radius 3 is 2.31 bits per heavy atom. The lowest BCUT2D eigenvalue weighted by Crippen LogP contribution is -1.87. The zero-order chi connectivity index (χ0) is 11.5. The summed E-state index contributed by atoms with van der Waals surface area (Å²) in [4.78, 5) is 0. The lowest BCUT2D eigenvalue weighted by atomic mass is 10.0. The van der Waals surface area contributed by atoms with Gasteiger partial charge in [0, 0.05) is 5.56 Å². The molecule has 0 saturated heterocycles. The van der Waals surface area contributed by atoms with Crippen LogP contribution < -0.4 is 0 Å². The second-order valence-electron chi connectivity index (χ2n) is 3.45.